The van der Waals surface area contributed by atoms with Crippen LogP contribution in [0.15, 0.2) is 24.5 Å². The largest absolute Gasteiger partial charge is 0.368 e. The molecule has 0 saturated carbocycles. The molecule has 7 heteroatoms. The molecule has 3 N–H and O–H groups in total. The van der Waals surface area contributed by atoms with Gasteiger partial charge in [0.2, 0.25) is 11.9 Å². The predicted molar refractivity (Wildman–Crippen MR) is 77.1 cm³/mol. The Kier molecular flexibility index (Phi) is 4.68. The Morgan fingerprint density at radius 1 is 1.40 bits per heavy atom. The minimum Gasteiger partial charge on any atom is -0.368 e. The minimum atomic E-state index is -0.283. The molecule has 0 aliphatic heterocycles. The summed E-state index contributed by atoms with van der Waals surface area (Å²) in [5.74, 6) is 0.300. The number of benzene rings is 1. The Bertz CT molecular complexity index is 593. The van der Waals surface area contributed by atoms with Crippen molar-refractivity contribution in [3.63, 3.8) is 0 Å². The highest BCUT2D eigenvalue weighted by Gasteiger charge is 2.08. The highest BCUT2D eigenvalue weighted by atomic mass is 35.5. The summed E-state index contributed by atoms with van der Waals surface area (Å²) in [5.41, 5.74) is 6.11. The van der Waals surface area contributed by atoms with Crippen LogP contribution in [-0.2, 0) is 6.42 Å². The Labute approximate surface area is 121 Å². The summed E-state index contributed by atoms with van der Waals surface area (Å²) in [7, 11) is 0. The fraction of sp³-hybridized carbons (Fsp3) is 0.308. The highest BCUT2D eigenvalue weighted by Crippen LogP contribution is 2.17. The lowest BCUT2D eigenvalue weighted by Gasteiger charge is -2.13. The third-order valence-corrected chi connectivity index (χ3v) is 3.06. The number of hydrogen-bond acceptors (Lipinski definition) is 5. The van der Waals surface area contributed by atoms with Gasteiger partial charge in [0.05, 0.1) is 0 Å². The molecule has 0 spiro atoms. The molecule has 1 aromatic heterocycles. The molecule has 20 heavy (non-hydrogen) atoms. The lowest BCUT2D eigenvalue weighted by Crippen LogP contribution is -2.18. The second kappa shape index (κ2) is 6.47. The van der Waals surface area contributed by atoms with Gasteiger partial charge in [0.25, 0.3) is 0 Å². The minimum absolute atomic E-state index is 0.0758. The topological polar surface area (TPSA) is 76.7 Å². The van der Waals surface area contributed by atoms with E-state index in [0.29, 0.717) is 23.0 Å². The van der Waals surface area contributed by atoms with Crippen LogP contribution < -0.4 is 11.1 Å². The van der Waals surface area contributed by atoms with Crippen LogP contribution in [0.1, 0.15) is 18.9 Å². The van der Waals surface area contributed by atoms with Gasteiger partial charge in [0, 0.05) is 11.1 Å². The van der Waals surface area contributed by atoms with Gasteiger partial charge in [-0.25, -0.2) is 14.4 Å². The van der Waals surface area contributed by atoms with Gasteiger partial charge < -0.3 is 11.1 Å². The van der Waals surface area contributed by atoms with Crippen molar-refractivity contribution in [1.82, 2.24) is 15.0 Å². The molecule has 5 nitrogen and oxygen atoms in total. The third-order valence-electron chi connectivity index (χ3n) is 2.83. The van der Waals surface area contributed by atoms with Crippen molar-refractivity contribution < 1.29 is 4.39 Å². The van der Waals surface area contributed by atoms with E-state index in [1.807, 2.05) is 6.92 Å². The lowest BCUT2D eigenvalue weighted by atomic mass is 10.1. The van der Waals surface area contributed by atoms with Crippen LogP contribution in [0.4, 0.5) is 16.3 Å². The number of aromatic nitrogens is 3. The molecule has 1 aromatic carbocycles. The van der Waals surface area contributed by atoms with Crippen molar-refractivity contribution in [3.8, 4) is 0 Å². The molecule has 0 amide bonds. The zero-order chi connectivity index (χ0) is 14.5. The van der Waals surface area contributed by atoms with Crippen molar-refractivity contribution >= 4 is 23.5 Å². The standard InChI is InChI=1S/C13H15ClFN5/c1-8(19-13-18-7-17-12(16)20-13)2-3-9-4-5-10(14)6-11(9)15/h4-8H,2-3H2,1H3,(H3,16,17,18,19,20). The number of nitrogens with two attached hydrogens (primary N) is 1. The molecule has 0 radical (unpaired) electrons. The predicted octanol–water partition coefficient (Wildman–Crippen LogP) is 2.68. The molecular weight excluding hydrogens is 281 g/mol. The first-order valence-electron chi connectivity index (χ1n) is 6.19. The van der Waals surface area contributed by atoms with E-state index in [1.54, 1.807) is 12.1 Å². The second-order valence-electron chi connectivity index (χ2n) is 4.49. The fourth-order valence-corrected chi connectivity index (χ4v) is 1.93. The van der Waals surface area contributed by atoms with E-state index >= 15 is 0 Å². The lowest BCUT2D eigenvalue weighted by molar-refractivity contribution is 0.596. The molecule has 1 atom stereocenters. The SMILES string of the molecule is CC(CCc1ccc(Cl)cc1F)Nc1ncnc(N)n1. The van der Waals surface area contributed by atoms with Crippen LogP contribution in [0.2, 0.25) is 5.02 Å². The summed E-state index contributed by atoms with van der Waals surface area (Å²) < 4.78 is 13.6. The maximum Gasteiger partial charge on any atom is 0.227 e. The van der Waals surface area contributed by atoms with Gasteiger partial charge in [0.15, 0.2) is 0 Å². The molecule has 106 valence electrons. The summed E-state index contributed by atoms with van der Waals surface area (Å²) in [6.07, 6.45) is 2.66. The first-order chi connectivity index (χ1) is 9.54. The third kappa shape index (κ3) is 4.03. The maximum atomic E-state index is 13.6. The molecule has 2 aromatic rings. The van der Waals surface area contributed by atoms with E-state index in [2.05, 4.69) is 20.3 Å². The average molecular weight is 296 g/mol. The van der Waals surface area contributed by atoms with Crippen molar-refractivity contribution in [3.05, 3.63) is 40.9 Å². The van der Waals surface area contributed by atoms with Crippen molar-refractivity contribution in [2.75, 3.05) is 11.1 Å². The van der Waals surface area contributed by atoms with Gasteiger partial charge in [-0.1, -0.05) is 17.7 Å². The van der Waals surface area contributed by atoms with E-state index in [4.69, 9.17) is 17.3 Å². The smallest absolute Gasteiger partial charge is 0.227 e. The van der Waals surface area contributed by atoms with Crippen LogP contribution in [-0.4, -0.2) is 21.0 Å². The molecule has 1 heterocycles. The summed E-state index contributed by atoms with van der Waals surface area (Å²) in [6, 6.07) is 4.78. The molecule has 1 unspecified atom stereocenters. The van der Waals surface area contributed by atoms with Crippen LogP contribution in [0.3, 0.4) is 0 Å². The Balaban J connectivity index is 1.90. The van der Waals surface area contributed by atoms with Gasteiger partial charge in [-0.05, 0) is 37.5 Å². The molecule has 0 fully saturated rings. The number of nitrogens with zero attached hydrogens (tertiary/aromatic N) is 3. The summed E-state index contributed by atoms with van der Waals surface area (Å²) in [6.45, 7) is 1.97. The number of nitrogen functional groups attached to an aromatic ring is 1. The van der Waals surface area contributed by atoms with E-state index in [-0.39, 0.29) is 17.8 Å². The zero-order valence-corrected chi connectivity index (χ0v) is 11.7. The van der Waals surface area contributed by atoms with Crippen LogP contribution in [0.5, 0.6) is 0 Å². The number of hydrogen-bond donors (Lipinski definition) is 2. The first-order valence-corrected chi connectivity index (χ1v) is 6.57. The van der Waals surface area contributed by atoms with E-state index < -0.39 is 0 Å². The normalized spacial score (nSPS) is 12.2. The monoisotopic (exact) mass is 295 g/mol. The summed E-state index contributed by atoms with van der Waals surface area (Å²) >= 11 is 5.72. The number of rotatable bonds is 5. The molecule has 2 rings (SSSR count). The number of aryl methyl sites for hydroxylation is 1. The van der Waals surface area contributed by atoms with Crippen LogP contribution in [0, 0.1) is 5.82 Å². The van der Waals surface area contributed by atoms with Gasteiger partial charge >= 0.3 is 0 Å². The van der Waals surface area contributed by atoms with Gasteiger partial charge in [0.1, 0.15) is 12.1 Å². The molecule has 0 aliphatic rings. The number of nitrogens with one attached hydrogen (secondary N) is 1. The van der Waals surface area contributed by atoms with E-state index in [1.165, 1.54) is 12.4 Å². The van der Waals surface area contributed by atoms with Gasteiger partial charge in [-0.2, -0.15) is 4.98 Å². The quantitative estimate of drug-likeness (QED) is 0.887. The first kappa shape index (κ1) is 14.5. The van der Waals surface area contributed by atoms with Crippen molar-refractivity contribution in [1.29, 1.82) is 0 Å². The second-order valence-corrected chi connectivity index (χ2v) is 4.92. The van der Waals surface area contributed by atoms with Crippen LogP contribution >= 0.6 is 11.6 Å². The number of anilines is 2. The molecule has 0 saturated heterocycles. The van der Waals surface area contributed by atoms with Gasteiger partial charge in [-0.3, -0.25) is 0 Å². The molecular formula is C13H15ClFN5. The van der Waals surface area contributed by atoms with Gasteiger partial charge in [-0.15, -0.1) is 0 Å². The fourth-order valence-electron chi connectivity index (χ4n) is 1.77. The Morgan fingerprint density at radius 2 is 2.20 bits per heavy atom. The van der Waals surface area contributed by atoms with Crippen molar-refractivity contribution in [2.24, 2.45) is 0 Å². The van der Waals surface area contributed by atoms with Crippen LogP contribution in [0.25, 0.3) is 0 Å². The maximum absolute atomic E-state index is 13.6. The Morgan fingerprint density at radius 3 is 2.90 bits per heavy atom. The summed E-state index contributed by atoms with van der Waals surface area (Å²) in [5, 5.41) is 3.49. The Hall–Kier alpha value is -1.95. The zero-order valence-electron chi connectivity index (χ0n) is 11.0. The van der Waals surface area contributed by atoms with Crippen molar-refractivity contribution in [2.45, 2.75) is 25.8 Å². The van der Waals surface area contributed by atoms with E-state index in [9.17, 15) is 4.39 Å². The average Bonchev–Trinajstić information content (AvgIpc) is 2.37. The molecule has 0 aliphatic carbocycles. The number of halogens is 2. The highest BCUT2D eigenvalue weighted by molar-refractivity contribution is 6.30. The summed E-state index contributed by atoms with van der Waals surface area (Å²) in [4.78, 5) is 11.6. The van der Waals surface area contributed by atoms with E-state index in [0.717, 1.165) is 6.42 Å². The molecule has 0 bridgehead atoms.